The van der Waals surface area contributed by atoms with Gasteiger partial charge in [-0.3, -0.25) is 4.79 Å². The van der Waals surface area contributed by atoms with Gasteiger partial charge >= 0.3 is 0 Å². The zero-order chi connectivity index (χ0) is 22.0. The zero-order valence-electron chi connectivity index (χ0n) is 16.4. The molecule has 31 heavy (non-hydrogen) atoms. The third-order valence-electron chi connectivity index (χ3n) is 4.75. The number of rotatable bonds is 5. The smallest absolute Gasteiger partial charge is 0.284 e. The number of hydrogen-bond acceptors (Lipinski definition) is 3. The SMILES string of the molecule is C[C@@H](Oc1ccc(-c2ccccc2)c(F)c1)c1ccn(C(=O)c2c(F)cccc2F)n1. The van der Waals surface area contributed by atoms with Crippen LogP contribution in [0.1, 0.15) is 29.1 Å². The van der Waals surface area contributed by atoms with E-state index in [-0.39, 0.29) is 5.75 Å². The summed E-state index contributed by atoms with van der Waals surface area (Å²) in [6.45, 7) is 1.67. The minimum absolute atomic E-state index is 0.283. The highest BCUT2D eigenvalue weighted by Crippen LogP contribution is 2.28. The third kappa shape index (κ3) is 4.21. The fourth-order valence-electron chi connectivity index (χ4n) is 3.17. The van der Waals surface area contributed by atoms with Gasteiger partial charge < -0.3 is 4.74 Å². The lowest BCUT2D eigenvalue weighted by molar-refractivity contribution is 0.0934. The largest absolute Gasteiger partial charge is 0.484 e. The van der Waals surface area contributed by atoms with Gasteiger partial charge in [0.15, 0.2) is 0 Å². The van der Waals surface area contributed by atoms with Gasteiger partial charge in [-0.1, -0.05) is 36.4 Å². The molecule has 0 bridgehead atoms. The molecule has 156 valence electrons. The van der Waals surface area contributed by atoms with E-state index >= 15 is 0 Å². The van der Waals surface area contributed by atoms with Crippen LogP contribution in [0.2, 0.25) is 0 Å². The van der Waals surface area contributed by atoms with E-state index < -0.39 is 35.0 Å². The van der Waals surface area contributed by atoms with Gasteiger partial charge in [-0.15, -0.1) is 0 Å². The van der Waals surface area contributed by atoms with Crippen LogP contribution in [-0.2, 0) is 0 Å². The van der Waals surface area contributed by atoms with E-state index in [1.54, 1.807) is 19.1 Å². The van der Waals surface area contributed by atoms with Gasteiger partial charge in [0.05, 0.1) is 0 Å². The standard InChI is InChI=1S/C24H17F3N2O2/c1-15(31-17-10-11-18(21(27)14-17)16-6-3-2-4-7-16)22-12-13-29(28-22)24(30)23-19(25)8-5-9-20(23)26/h2-15H,1H3/t15-/m1/s1. The highest BCUT2D eigenvalue weighted by Gasteiger charge is 2.21. The number of nitrogens with zero attached hydrogens (tertiary/aromatic N) is 2. The number of hydrogen-bond donors (Lipinski definition) is 0. The predicted molar refractivity (Wildman–Crippen MR) is 109 cm³/mol. The monoisotopic (exact) mass is 422 g/mol. The molecule has 0 N–H and O–H groups in total. The van der Waals surface area contributed by atoms with Gasteiger partial charge in [-0.25, -0.2) is 17.9 Å². The molecule has 0 saturated heterocycles. The average Bonchev–Trinajstić information content (AvgIpc) is 3.25. The summed E-state index contributed by atoms with van der Waals surface area (Å²) in [7, 11) is 0. The number of aromatic nitrogens is 2. The van der Waals surface area contributed by atoms with Crippen LogP contribution < -0.4 is 4.74 Å². The zero-order valence-corrected chi connectivity index (χ0v) is 16.4. The molecule has 0 aliphatic carbocycles. The molecule has 0 radical (unpaired) electrons. The molecule has 4 rings (SSSR count). The highest BCUT2D eigenvalue weighted by molar-refractivity contribution is 5.95. The van der Waals surface area contributed by atoms with Crippen LogP contribution in [0.4, 0.5) is 13.2 Å². The Labute approximate surface area is 176 Å². The fraction of sp³-hybridized carbons (Fsp3) is 0.0833. The van der Waals surface area contributed by atoms with Gasteiger partial charge in [-0.05, 0) is 42.8 Å². The van der Waals surface area contributed by atoms with Crippen LogP contribution in [0.15, 0.2) is 79.0 Å². The molecule has 0 aliphatic heterocycles. The predicted octanol–water partition coefficient (Wildman–Crippen LogP) is 5.80. The summed E-state index contributed by atoms with van der Waals surface area (Å²) in [5, 5.41) is 4.07. The molecule has 0 spiro atoms. The first-order valence-corrected chi connectivity index (χ1v) is 9.50. The molecule has 0 saturated carbocycles. The second-order valence-corrected chi connectivity index (χ2v) is 6.85. The van der Waals surface area contributed by atoms with E-state index in [0.29, 0.717) is 11.3 Å². The van der Waals surface area contributed by atoms with Crippen molar-refractivity contribution in [3.05, 3.63) is 108 Å². The fourth-order valence-corrected chi connectivity index (χ4v) is 3.17. The van der Waals surface area contributed by atoms with Gasteiger partial charge in [0.25, 0.3) is 5.91 Å². The molecule has 0 unspecified atom stereocenters. The minimum Gasteiger partial charge on any atom is -0.484 e. The second kappa shape index (κ2) is 8.47. The van der Waals surface area contributed by atoms with Crippen LogP contribution in [-0.4, -0.2) is 15.7 Å². The van der Waals surface area contributed by atoms with Crippen molar-refractivity contribution in [3.8, 4) is 16.9 Å². The Balaban J connectivity index is 1.51. The maximum Gasteiger partial charge on any atom is 0.284 e. The molecule has 1 atom stereocenters. The number of carbonyl (C=O) groups excluding carboxylic acids is 1. The van der Waals surface area contributed by atoms with Crippen LogP contribution >= 0.6 is 0 Å². The summed E-state index contributed by atoms with van der Waals surface area (Å²) in [6, 6.07) is 18.3. The van der Waals surface area contributed by atoms with Crippen LogP contribution in [0.5, 0.6) is 5.75 Å². The number of halogens is 3. The van der Waals surface area contributed by atoms with Gasteiger partial charge in [-0.2, -0.15) is 5.10 Å². The van der Waals surface area contributed by atoms with Crippen molar-refractivity contribution in [2.75, 3.05) is 0 Å². The highest BCUT2D eigenvalue weighted by atomic mass is 19.1. The van der Waals surface area contributed by atoms with Crippen molar-refractivity contribution >= 4 is 5.91 Å². The van der Waals surface area contributed by atoms with Crippen LogP contribution in [0.3, 0.4) is 0 Å². The summed E-state index contributed by atoms with van der Waals surface area (Å²) < 4.78 is 48.9. The molecule has 0 aliphatic rings. The summed E-state index contributed by atoms with van der Waals surface area (Å²) in [4.78, 5) is 12.4. The topological polar surface area (TPSA) is 44.1 Å². The lowest BCUT2D eigenvalue weighted by Crippen LogP contribution is -2.17. The molecule has 7 heteroatoms. The summed E-state index contributed by atoms with van der Waals surface area (Å²) in [6.07, 6.45) is 0.657. The van der Waals surface area contributed by atoms with Crippen molar-refractivity contribution in [3.63, 3.8) is 0 Å². The molecule has 4 aromatic rings. The number of benzene rings is 3. The summed E-state index contributed by atoms with van der Waals surface area (Å²) >= 11 is 0. The third-order valence-corrected chi connectivity index (χ3v) is 4.75. The maximum absolute atomic E-state index is 14.5. The van der Waals surface area contributed by atoms with E-state index in [4.69, 9.17) is 4.74 Å². The van der Waals surface area contributed by atoms with E-state index in [9.17, 15) is 18.0 Å². The van der Waals surface area contributed by atoms with Crippen molar-refractivity contribution in [2.24, 2.45) is 0 Å². The lowest BCUT2D eigenvalue weighted by Gasteiger charge is -2.14. The molecule has 0 amide bonds. The Hall–Kier alpha value is -3.87. The lowest BCUT2D eigenvalue weighted by atomic mass is 10.1. The molecule has 1 aromatic heterocycles. The van der Waals surface area contributed by atoms with Gasteiger partial charge in [0.2, 0.25) is 0 Å². The van der Waals surface area contributed by atoms with E-state index in [0.717, 1.165) is 22.4 Å². The Morgan fingerprint density at radius 2 is 1.61 bits per heavy atom. The van der Waals surface area contributed by atoms with Crippen molar-refractivity contribution in [1.29, 1.82) is 0 Å². The van der Waals surface area contributed by atoms with E-state index in [2.05, 4.69) is 5.10 Å². The molecule has 4 nitrogen and oxygen atoms in total. The Bertz CT molecular complexity index is 1220. The maximum atomic E-state index is 14.5. The minimum atomic E-state index is -0.972. The molecular weight excluding hydrogens is 405 g/mol. The van der Waals surface area contributed by atoms with Gasteiger partial charge in [0, 0.05) is 17.8 Å². The first kappa shape index (κ1) is 20.4. The van der Waals surface area contributed by atoms with E-state index in [1.165, 1.54) is 24.4 Å². The van der Waals surface area contributed by atoms with Crippen molar-refractivity contribution in [1.82, 2.24) is 9.78 Å². The molecule has 1 heterocycles. The molecular formula is C24H17F3N2O2. The summed E-state index contributed by atoms with van der Waals surface area (Å²) in [5.41, 5.74) is 0.849. The van der Waals surface area contributed by atoms with Gasteiger partial charge in [0.1, 0.15) is 40.6 Å². The number of ether oxygens (including phenoxy) is 1. The Morgan fingerprint density at radius 1 is 0.903 bits per heavy atom. The molecule has 0 fully saturated rings. The average molecular weight is 422 g/mol. The first-order valence-electron chi connectivity index (χ1n) is 9.50. The first-order chi connectivity index (χ1) is 14.9. The number of carbonyl (C=O) groups is 1. The van der Waals surface area contributed by atoms with Crippen molar-refractivity contribution < 1.29 is 22.7 Å². The second-order valence-electron chi connectivity index (χ2n) is 6.85. The Morgan fingerprint density at radius 3 is 2.29 bits per heavy atom. The van der Waals surface area contributed by atoms with Crippen LogP contribution in [0, 0.1) is 17.5 Å². The quantitative estimate of drug-likeness (QED) is 0.409. The van der Waals surface area contributed by atoms with Crippen molar-refractivity contribution in [2.45, 2.75) is 13.0 Å². The normalized spacial score (nSPS) is 11.9. The molecule has 3 aromatic carbocycles. The summed E-state index contributed by atoms with van der Waals surface area (Å²) in [5.74, 6) is -3.04. The Kier molecular flexibility index (Phi) is 5.58. The van der Waals surface area contributed by atoms with Crippen LogP contribution in [0.25, 0.3) is 11.1 Å². The van der Waals surface area contributed by atoms with E-state index in [1.807, 2.05) is 30.3 Å².